The molecule has 0 atom stereocenters. The van der Waals surface area contributed by atoms with Crippen LogP contribution in [-0.2, 0) is 10.0 Å². The molecule has 1 fully saturated rings. The van der Waals surface area contributed by atoms with Crippen LogP contribution < -0.4 is 4.72 Å². The van der Waals surface area contributed by atoms with Crippen molar-refractivity contribution in [1.82, 2.24) is 4.72 Å². The van der Waals surface area contributed by atoms with E-state index >= 15 is 0 Å². The van der Waals surface area contributed by atoms with Crippen LogP contribution in [0.1, 0.15) is 19.8 Å². The molecule has 88 valence electrons. The van der Waals surface area contributed by atoms with Crippen molar-refractivity contribution in [3.63, 3.8) is 0 Å². The van der Waals surface area contributed by atoms with Gasteiger partial charge in [0.15, 0.2) is 0 Å². The Morgan fingerprint density at radius 3 is 2.62 bits per heavy atom. The van der Waals surface area contributed by atoms with Crippen molar-refractivity contribution in [1.29, 1.82) is 0 Å². The molecule has 0 unspecified atom stereocenters. The topological polar surface area (TPSA) is 66.4 Å². The molecule has 1 aromatic rings. The Morgan fingerprint density at radius 1 is 1.38 bits per heavy atom. The summed E-state index contributed by atoms with van der Waals surface area (Å²) in [5, 5.41) is 9.23. The van der Waals surface area contributed by atoms with E-state index in [1.807, 2.05) is 0 Å². The minimum Gasteiger partial charge on any atom is -0.508 e. The van der Waals surface area contributed by atoms with Crippen molar-refractivity contribution < 1.29 is 13.5 Å². The molecule has 0 radical (unpaired) electrons. The average molecular weight is 241 g/mol. The Morgan fingerprint density at radius 2 is 2.06 bits per heavy atom. The molecular formula is C11H15NO3S. The van der Waals surface area contributed by atoms with Crippen LogP contribution in [0.3, 0.4) is 0 Å². The number of aromatic hydroxyl groups is 1. The Hall–Kier alpha value is -1.07. The summed E-state index contributed by atoms with van der Waals surface area (Å²) in [5.74, 6) is 0.557. The normalized spacial score (nSPS) is 25.1. The predicted molar refractivity (Wildman–Crippen MR) is 60.6 cm³/mol. The highest BCUT2D eigenvalue weighted by molar-refractivity contribution is 7.89. The van der Waals surface area contributed by atoms with Crippen LogP contribution in [0.2, 0.25) is 0 Å². The molecule has 5 heteroatoms. The van der Waals surface area contributed by atoms with Gasteiger partial charge in [-0.2, -0.15) is 0 Å². The van der Waals surface area contributed by atoms with Gasteiger partial charge < -0.3 is 5.11 Å². The molecule has 0 bridgehead atoms. The van der Waals surface area contributed by atoms with Crippen molar-refractivity contribution in [2.45, 2.75) is 30.7 Å². The molecular weight excluding hydrogens is 226 g/mol. The lowest BCUT2D eigenvalue weighted by Crippen LogP contribution is -2.43. The molecule has 1 aromatic carbocycles. The monoisotopic (exact) mass is 241 g/mol. The van der Waals surface area contributed by atoms with E-state index < -0.39 is 10.0 Å². The summed E-state index contributed by atoms with van der Waals surface area (Å²) in [5.41, 5.74) is 0. The molecule has 2 rings (SSSR count). The average Bonchev–Trinajstić information content (AvgIpc) is 2.15. The summed E-state index contributed by atoms with van der Waals surface area (Å²) in [6.07, 6.45) is 1.77. The van der Waals surface area contributed by atoms with Crippen molar-refractivity contribution in [3.05, 3.63) is 24.3 Å². The van der Waals surface area contributed by atoms with E-state index in [1.54, 1.807) is 0 Å². The van der Waals surface area contributed by atoms with Crippen LogP contribution in [0, 0.1) is 5.92 Å². The first-order chi connectivity index (χ1) is 7.47. The fraction of sp³-hybridized carbons (Fsp3) is 0.455. The summed E-state index contributed by atoms with van der Waals surface area (Å²) < 4.78 is 26.4. The summed E-state index contributed by atoms with van der Waals surface area (Å²) in [4.78, 5) is 0.118. The number of hydrogen-bond acceptors (Lipinski definition) is 3. The van der Waals surface area contributed by atoms with Crippen molar-refractivity contribution >= 4 is 10.0 Å². The van der Waals surface area contributed by atoms with E-state index in [1.165, 1.54) is 24.3 Å². The quantitative estimate of drug-likeness (QED) is 0.842. The minimum atomic E-state index is -3.48. The van der Waals surface area contributed by atoms with Crippen molar-refractivity contribution in [2.75, 3.05) is 0 Å². The Kier molecular flexibility index (Phi) is 2.90. The van der Waals surface area contributed by atoms with Crippen LogP contribution in [0.5, 0.6) is 5.75 Å². The lowest BCUT2D eigenvalue weighted by molar-refractivity contribution is 0.270. The molecule has 0 aromatic heterocycles. The molecule has 1 aliphatic rings. The highest BCUT2D eigenvalue weighted by atomic mass is 32.2. The molecule has 0 spiro atoms. The molecule has 0 saturated heterocycles. The standard InChI is InChI=1S/C11H15NO3S/c1-8-5-9(6-8)12-16(14,15)11-4-2-3-10(13)7-11/h2-4,7-9,12-13H,5-6H2,1H3. The maximum absolute atomic E-state index is 11.9. The third-order valence-corrected chi connectivity index (χ3v) is 4.34. The molecule has 1 aliphatic carbocycles. The lowest BCUT2D eigenvalue weighted by Gasteiger charge is -2.32. The van der Waals surface area contributed by atoms with E-state index in [9.17, 15) is 13.5 Å². The molecule has 4 nitrogen and oxygen atoms in total. The summed E-state index contributed by atoms with van der Waals surface area (Å²) in [6.45, 7) is 2.10. The van der Waals surface area contributed by atoms with E-state index in [0.717, 1.165) is 12.8 Å². The van der Waals surface area contributed by atoms with E-state index in [4.69, 9.17) is 0 Å². The molecule has 1 saturated carbocycles. The number of benzene rings is 1. The van der Waals surface area contributed by atoms with Gasteiger partial charge in [-0.05, 0) is 37.0 Å². The third kappa shape index (κ3) is 2.36. The Labute approximate surface area is 95.4 Å². The van der Waals surface area contributed by atoms with Gasteiger partial charge in [0, 0.05) is 6.04 Å². The minimum absolute atomic E-state index is 0.0372. The Bertz CT molecular complexity index is 478. The maximum atomic E-state index is 11.9. The largest absolute Gasteiger partial charge is 0.508 e. The first-order valence-corrected chi connectivity index (χ1v) is 6.77. The number of hydrogen-bond donors (Lipinski definition) is 2. The number of nitrogens with one attached hydrogen (secondary N) is 1. The van der Waals surface area contributed by atoms with E-state index in [2.05, 4.69) is 11.6 Å². The van der Waals surface area contributed by atoms with Gasteiger partial charge in [-0.3, -0.25) is 0 Å². The molecule has 0 amide bonds. The first-order valence-electron chi connectivity index (χ1n) is 5.29. The molecule has 0 aliphatic heterocycles. The molecule has 2 N–H and O–H groups in total. The van der Waals surface area contributed by atoms with Gasteiger partial charge in [0.1, 0.15) is 5.75 Å². The number of sulfonamides is 1. The predicted octanol–water partition coefficient (Wildman–Crippen LogP) is 1.47. The third-order valence-electron chi connectivity index (χ3n) is 2.82. The number of phenols is 1. The van der Waals surface area contributed by atoms with Gasteiger partial charge in [0.2, 0.25) is 10.0 Å². The second kappa shape index (κ2) is 4.07. The smallest absolute Gasteiger partial charge is 0.240 e. The highest BCUT2D eigenvalue weighted by Crippen LogP contribution is 2.28. The van der Waals surface area contributed by atoms with Crippen LogP contribution in [-0.4, -0.2) is 19.6 Å². The highest BCUT2D eigenvalue weighted by Gasteiger charge is 2.29. The lowest BCUT2D eigenvalue weighted by atomic mass is 9.83. The van der Waals surface area contributed by atoms with Gasteiger partial charge in [0.05, 0.1) is 4.90 Å². The summed E-state index contributed by atoms with van der Waals surface area (Å²) in [6, 6.07) is 5.74. The molecule has 16 heavy (non-hydrogen) atoms. The fourth-order valence-corrected chi connectivity index (χ4v) is 3.24. The summed E-state index contributed by atoms with van der Waals surface area (Å²) >= 11 is 0. The van der Waals surface area contributed by atoms with Gasteiger partial charge >= 0.3 is 0 Å². The van der Waals surface area contributed by atoms with Gasteiger partial charge in [-0.25, -0.2) is 13.1 Å². The van der Waals surface area contributed by atoms with Gasteiger partial charge in [0.25, 0.3) is 0 Å². The first kappa shape index (κ1) is 11.4. The number of rotatable bonds is 3. The fourth-order valence-electron chi connectivity index (χ4n) is 1.94. The van der Waals surface area contributed by atoms with Crippen LogP contribution in [0.15, 0.2) is 29.2 Å². The number of phenolic OH excluding ortho intramolecular Hbond substituents is 1. The maximum Gasteiger partial charge on any atom is 0.240 e. The Balaban J connectivity index is 2.13. The van der Waals surface area contributed by atoms with Crippen LogP contribution >= 0.6 is 0 Å². The van der Waals surface area contributed by atoms with E-state index in [-0.39, 0.29) is 16.7 Å². The van der Waals surface area contributed by atoms with Crippen molar-refractivity contribution in [3.8, 4) is 5.75 Å². The van der Waals surface area contributed by atoms with Crippen molar-refractivity contribution in [2.24, 2.45) is 5.92 Å². The zero-order chi connectivity index (χ0) is 11.8. The SMILES string of the molecule is CC1CC(NS(=O)(=O)c2cccc(O)c2)C1. The summed E-state index contributed by atoms with van der Waals surface area (Å²) in [7, 11) is -3.48. The molecule has 0 heterocycles. The second-order valence-electron chi connectivity index (χ2n) is 4.39. The zero-order valence-corrected chi connectivity index (χ0v) is 9.87. The van der Waals surface area contributed by atoms with E-state index in [0.29, 0.717) is 5.92 Å². The zero-order valence-electron chi connectivity index (χ0n) is 9.05. The second-order valence-corrected chi connectivity index (χ2v) is 6.11. The van der Waals surface area contributed by atoms with Crippen LogP contribution in [0.25, 0.3) is 0 Å². The van der Waals surface area contributed by atoms with Gasteiger partial charge in [-0.15, -0.1) is 0 Å². The van der Waals surface area contributed by atoms with Crippen LogP contribution in [0.4, 0.5) is 0 Å². The van der Waals surface area contributed by atoms with Gasteiger partial charge in [-0.1, -0.05) is 13.0 Å².